The Hall–Kier alpha value is -0.580. The Morgan fingerprint density at radius 3 is 2.47 bits per heavy atom. The van der Waals surface area contributed by atoms with Crippen molar-refractivity contribution in [3.05, 3.63) is 28.8 Å². The van der Waals surface area contributed by atoms with Gasteiger partial charge in [-0.05, 0) is 17.7 Å². The summed E-state index contributed by atoms with van der Waals surface area (Å²) in [5, 5.41) is 9.20. The third-order valence-electron chi connectivity index (χ3n) is 1.83. The molecule has 6 heteroatoms. The molecule has 0 aliphatic rings. The van der Waals surface area contributed by atoms with Gasteiger partial charge in [-0.1, -0.05) is 17.7 Å². The maximum absolute atomic E-state index is 12.0. The van der Waals surface area contributed by atoms with Gasteiger partial charge < -0.3 is 10.8 Å². The van der Waals surface area contributed by atoms with E-state index in [4.69, 9.17) is 22.4 Å². The minimum atomic E-state index is -2.45. The fraction of sp³-hybridized carbons (Fsp3) is 0.333. The Bertz CT molecular complexity index is 323. The number of phenolic OH excluding ortho intramolecular Hbond substituents is 1. The molecule has 0 saturated carbocycles. The zero-order chi connectivity index (χ0) is 10.7. The van der Waals surface area contributed by atoms with Gasteiger partial charge in [-0.15, -0.1) is 12.4 Å². The van der Waals surface area contributed by atoms with E-state index in [0.717, 1.165) is 0 Å². The van der Waals surface area contributed by atoms with E-state index in [1.165, 1.54) is 18.2 Å². The molecular weight excluding hydrogens is 247 g/mol. The van der Waals surface area contributed by atoms with Crippen molar-refractivity contribution in [2.45, 2.75) is 18.9 Å². The molecule has 0 heterocycles. The van der Waals surface area contributed by atoms with E-state index in [1.54, 1.807) is 0 Å². The predicted molar refractivity (Wildman–Crippen MR) is 57.9 cm³/mol. The third-order valence-corrected chi connectivity index (χ3v) is 2.13. The molecular formula is C9H11Cl2F2NO. The van der Waals surface area contributed by atoms with Gasteiger partial charge in [0, 0.05) is 12.5 Å². The molecule has 1 rings (SSSR count). The van der Waals surface area contributed by atoms with Gasteiger partial charge in [0.15, 0.2) is 0 Å². The molecule has 2 nitrogen and oxygen atoms in total. The van der Waals surface area contributed by atoms with Crippen LogP contribution < -0.4 is 5.73 Å². The zero-order valence-electron chi connectivity index (χ0n) is 7.66. The van der Waals surface area contributed by atoms with Gasteiger partial charge in [-0.2, -0.15) is 0 Å². The molecule has 15 heavy (non-hydrogen) atoms. The molecule has 0 bridgehead atoms. The van der Waals surface area contributed by atoms with Crippen LogP contribution in [0.1, 0.15) is 18.0 Å². The van der Waals surface area contributed by atoms with Crippen molar-refractivity contribution < 1.29 is 13.9 Å². The van der Waals surface area contributed by atoms with Crippen LogP contribution in [-0.2, 0) is 0 Å². The molecule has 1 aromatic rings. The molecule has 0 spiro atoms. The van der Waals surface area contributed by atoms with Crippen LogP contribution in [0.25, 0.3) is 0 Å². The monoisotopic (exact) mass is 257 g/mol. The first-order valence-electron chi connectivity index (χ1n) is 4.03. The number of rotatable bonds is 3. The summed E-state index contributed by atoms with van der Waals surface area (Å²) in [6, 6.07) is 3.45. The SMILES string of the molecule is Cl.N[C@H](CC(F)F)c1ccc(O)c(Cl)c1. The van der Waals surface area contributed by atoms with E-state index in [0.29, 0.717) is 5.56 Å². The minimum Gasteiger partial charge on any atom is -0.506 e. The maximum atomic E-state index is 12.0. The first-order chi connectivity index (χ1) is 6.50. The molecule has 0 saturated heterocycles. The number of hydrogen-bond acceptors (Lipinski definition) is 2. The molecule has 0 aromatic heterocycles. The van der Waals surface area contributed by atoms with Crippen LogP contribution in [0.2, 0.25) is 5.02 Å². The molecule has 1 aromatic carbocycles. The van der Waals surface area contributed by atoms with Crippen LogP contribution in [0.15, 0.2) is 18.2 Å². The predicted octanol–water partition coefficient (Wildman–Crippen LogP) is 3.12. The van der Waals surface area contributed by atoms with Crippen LogP contribution in [0, 0.1) is 0 Å². The number of halogens is 4. The topological polar surface area (TPSA) is 46.2 Å². The lowest BCUT2D eigenvalue weighted by molar-refractivity contribution is 0.128. The van der Waals surface area contributed by atoms with Gasteiger partial charge in [-0.25, -0.2) is 8.78 Å². The van der Waals surface area contributed by atoms with Crippen LogP contribution in [0.5, 0.6) is 5.75 Å². The first-order valence-corrected chi connectivity index (χ1v) is 4.40. The fourth-order valence-corrected chi connectivity index (χ4v) is 1.27. The number of phenols is 1. The van der Waals surface area contributed by atoms with Crippen LogP contribution in [0.3, 0.4) is 0 Å². The highest BCUT2D eigenvalue weighted by Gasteiger charge is 2.13. The third kappa shape index (κ3) is 4.20. The van der Waals surface area contributed by atoms with E-state index >= 15 is 0 Å². The fourth-order valence-electron chi connectivity index (χ4n) is 1.08. The summed E-state index contributed by atoms with van der Waals surface area (Å²) in [5.74, 6) is -0.0836. The van der Waals surface area contributed by atoms with Crippen molar-refractivity contribution in [2.75, 3.05) is 0 Å². The van der Waals surface area contributed by atoms with E-state index < -0.39 is 18.9 Å². The largest absolute Gasteiger partial charge is 0.506 e. The van der Waals surface area contributed by atoms with Crippen molar-refractivity contribution in [1.29, 1.82) is 0 Å². The Morgan fingerprint density at radius 2 is 2.00 bits per heavy atom. The molecule has 0 amide bonds. The summed E-state index contributed by atoms with van der Waals surface area (Å²) in [4.78, 5) is 0. The smallest absolute Gasteiger partial charge is 0.240 e. The van der Waals surface area contributed by atoms with Crippen molar-refractivity contribution in [2.24, 2.45) is 5.73 Å². The van der Waals surface area contributed by atoms with Gasteiger partial charge in [0.05, 0.1) is 5.02 Å². The van der Waals surface area contributed by atoms with Gasteiger partial charge in [0.1, 0.15) is 5.75 Å². The average molecular weight is 258 g/mol. The van der Waals surface area contributed by atoms with Gasteiger partial charge in [0.25, 0.3) is 0 Å². The number of nitrogens with two attached hydrogens (primary N) is 1. The lowest BCUT2D eigenvalue weighted by Crippen LogP contribution is -2.13. The van der Waals surface area contributed by atoms with Crippen LogP contribution >= 0.6 is 24.0 Å². The minimum absolute atomic E-state index is 0. The summed E-state index contributed by atoms with van der Waals surface area (Å²) >= 11 is 5.60. The number of benzene rings is 1. The summed E-state index contributed by atoms with van der Waals surface area (Å²) in [5.41, 5.74) is 5.99. The van der Waals surface area contributed by atoms with Crippen LogP contribution in [-0.4, -0.2) is 11.5 Å². The Balaban J connectivity index is 0.00000196. The zero-order valence-corrected chi connectivity index (χ0v) is 9.23. The highest BCUT2D eigenvalue weighted by molar-refractivity contribution is 6.32. The van der Waals surface area contributed by atoms with Crippen molar-refractivity contribution in [1.82, 2.24) is 0 Å². The molecule has 0 fully saturated rings. The number of aromatic hydroxyl groups is 1. The molecule has 0 aliphatic heterocycles. The molecule has 3 N–H and O–H groups in total. The lowest BCUT2D eigenvalue weighted by atomic mass is 10.1. The maximum Gasteiger partial charge on any atom is 0.240 e. The van der Waals surface area contributed by atoms with E-state index in [1.807, 2.05) is 0 Å². The Kier molecular flexibility index (Phi) is 5.87. The quantitative estimate of drug-likeness (QED) is 0.874. The van der Waals surface area contributed by atoms with E-state index in [-0.39, 0.29) is 23.2 Å². The highest BCUT2D eigenvalue weighted by Crippen LogP contribution is 2.27. The van der Waals surface area contributed by atoms with E-state index in [2.05, 4.69) is 0 Å². The Labute approximate surface area is 97.4 Å². The standard InChI is InChI=1S/C9H10ClF2NO.ClH/c10-6-3-5(1-2-8(6)14)7(13)4-9(11)12;/h1-3,7,9,14H,4,13H2;1H/t7-;/m1./s1. The second-order valence-electron chi connectivity index (χ2n) is 2.94. The van der Waals surface area contributed by atoms with Gasteiger partial charge in [-0.3, -0.25) is 0 Å². The van der Waals surface area contributed by atoms with Gasteiger partial charge >= 0.3 is 0 Å². The summed E-state index contributed by atoms with van der Waals surface area (Å²) in [6.07, 6.45) is -2.86. The van der Waals surface area contributed by atoms with Gasteiger partial charge in [0.2, 0.25) is 6.43 Å². The normalized spacial score (nSPS) is 12.3. The second-order valence-corrected chi connectivity index (χ2v) is 3.35. The molecule has 0 unspecified atom stereocenters. The Morgan fingerprint density at radius 1 is 1.40 bits per heavy atom. The molecule has 86 valence electrons. The first kappa shape index (κ1) is 14.4. The number of alkyl halides is 2. The van der Waals surface area contributed by atoms with Crippen molar-refractivity contribution >= 4 is 24.0 Å². The number of hydrogen-bond donors (Lipinski definition) is 2. The second kappa shape index (κ2) is 6.10. The molecule has 1 atom stereocenters. The molecule has 0 aliphatic carbocycles. The van der Waals surface area contributed by atoms with Crippen molar-refractivity contribution in [3.63, 3.8) is 0 Å². The highest BCUT2D eigenvalue weighted by atomic mass is 35.5. The summed E-state index contributed by atoms with van der Waals surface area (Å²) < 4.78 is 24.0. The van der Waals surface area contributed by atoms with Crippen LogP contribution in [0.4, 0.5) is 8.78 Å². The molecule has 0 radical (unpaired) electrons. The van der Waals surface area contributed by atoms with Crippen molar-refractivity contribution in [3.8, 4) is 5.75 Å². The average Bonchev–Trinajstić information content (AvgIpc) is 2.08. The lowest BCUT2D eigenvalue weighted by Gasteiger charge is -2.11. The van der Waals surface area contributed by atoms with E-state index in [9.17, 15) is 8.78 Å². The summed E-state index contributed by atoms with van der Waals surface area (Å²) in [6.45, 7) is 0. The summed E-state index contributed by atoms with van der Waals surface area (Å²) in [7, 11) is 0.